The van der Waals surface area contributed by atoms with Gasteiger partial charge in [0.25, 0.3) is 0 Å². The van der Waals surface area contributed by atoms with E-state index in [0.717, 1.165) is 5.69 Å². The van der Waals surface area contributed by atoms with Gasteiger partial charge in [-0.1, -0.05) is 0 Å². The van der Waals surface area contributed by atoms with Crippen LogP contribution in [-0.2, 0) is 31.7 Å². The summed E-state index contributed by atoms with van der Waals surface area (Å²) in [5.74, 6) is 0. The Morgan fingerprint density at radius 2 is 2.31 bits per heavy atom. The van der Waals surface area contributed by atoms with Gasteiger partial charge in [-0.05, 0) is 6.07 Å². The lowest BCUT2D eigenvalue weighted by Gasteiger charge is -2.02. The van der Waals surface area contributed by atoms with Gasteiger partial charge >= 0.3 is 0 Å². The fourth-order valence-corrected chi connectivity index (χ4v) is 1.35. The zero-order valence-electron chi connectivity index (χ0n) is 9.08. The summed E-state index contributed by atoms with van der Waals surface area (Å²) in [6, 6.07) is 1.91. The number of nitrogens with zero attached hydrogens (tertiary/aromatic N) is 4. The van der Waals surface area contributed by atoms with E-state index < -0.39 is 0 Å². The van der Waals surface area contributed by atoms with E-state index in [-0.39, 0.29) is 6.61 Å². The molecule has 0 spiro atoms. The quantitative estimate of drug-likeness (QED) is 0.789. The Hall–Kier alpha value is -1.66. The predicted molar refractivity (Wildman–Crippen MR) is 56.1 cm³/mol. The van der Waals surface area contributed by atoms with Crippen LogP contribution in [0, 0.1) is 0 Å². The molecule has 0 amide bonds. The van der Waals surface area contributed by atoms with Crippen LogP contribution in [0.5, 0.6) is 0 Å². The summed E-state index contributed by atoms with van der Waals surface area (Å²) in [6.07, 6.45) is 5.25. The van der Waals surface area contributed by atoms with Crippen molar-refractivity contribution >= 4 is 0 Å². The number of hydrogen-bond donors (Lipinski definition) is 1. The van der Waals surface area contributed by atoms with Crippen molar-refractivity contribution in [1.29, 1.82) is 0 Å². The van der Waals surface area contributed by atoms with Gasteiger partial charge in [0.05, 0.1) is 30.9 Å². The molecule has 0 radical (unpaired) electrons. The first-order valence-electron chi connectivity index (χ1n) is 4.95. The highest BCUT2D eigenvalue weighted by molar-refractivity contribution is 4.96. The highest BCUT2D eigenvalue weighted by Gasteiger charge is 1.99. The van der Waals surface area contributed by atoms with Crippen molar-refractivity contribution in [1.82, 2.24) is 19.3 Å². The minimum Gasteiger partial charge on any atom is -0.390 e. The fourth-order valence-electron chi connectivity index (χ4n) is 1.35. The summed E-state index contributed by atoms with van der Waals surface area (Å²) in [7, 11) is 1.87. The second-order valence-corrected chi connectivity index (χ2v) is 3.50. The lowest BCUT2D eigenvalue weighted by molar-refractivity contribution is 0.0615. The molecule has 0 aliphatic rings. The monoisotopic (exact) mass is 222 g/mol. The van der Waals surface area contributed by atoms with Crippen LogP contribution in [0.3, 0.4) is 0 Å². The van der Waals surface area contributed by atoms with Crippen LogP contribution in [0.15, 0.2) is 24.8 Å². The third-order valence-corrected chi connectivity index (χ3v) is 2.11. The van der Waals surface area contributed by atoms with Crippen LogP contribution in [-0.4, -0.2) is 24.4 Å². The molecule has 0 atom stereocenters. The third-order valence-electron chi connectivity index (χ3n) is 2.11. The highest BCUT2D eigenvalue weighted by Crippen LogP contribution is 2.00. The number of aliphatic hydroxyl groups is 1. The highest BCUT2D eigenvalue weighted by atomic mass is 16.5. The summed E-state index contributed by atoms with van der Waals surface area (Å²) in [6.45, 7) is 0.824. The number of rotatable bonds is 5. The first-order chi connectivity index (χ1) is 7.78. The number of aryl methyl sites for hydroxylation is 1. The standard InChI is InChI=1S/C10H14N4O2/c1-13-3-2-9(12-13)6-16-8-14-4-10(5-15)11-7-14/h2-4,7,15H,5-6,8H2,1H3. The van der Waals surface area contributed by atoms with Crippen LogP contribution in [0.2, 0.25) is 0 Å². The smallest absolute Gasteiger partial charge is 0.124 e. The normalized spacial score (nSPS) is 10.9. The second-order valence-electron chi connectivity index (χ2n) is 3.50. The molecule has 6 heteroatoms. The number of ether oxygens (including phenoxy) is 1. The molecule has 1 N–H and O–H groups in total. The van der Waals surface area contributed by atoms with Crippen LogP contribution in [0.1, 0.15) is 11.4 Å². The first-order valence-corrected chi connectivity index (χ1v) is 4.95. The Labute approximate surface area is 93.1 Å². The zero-order chi connectivity index (χ0) is 11.4. The summed E-state index contributed by atoms with van der Waals surface area (Å²) < 4.78 is 8.95. The van der Waals surface area contributed by atoms with Gasteiger partial charge in [-0.2, -0.15) is 5.10 Å². The summed E-state index contributed by atoms with van der Waals surface area (Å²) in [5.41, 5.74) is 1.53. The average molecular weight is 222 g/mol. The van der Waals surface area contributed by atoms with Gasteiger partial charge in [0, 0.05) is 19.4 Å². The maximum absolute atomic E-state index is 8.83. The van der Waals surface area contributed by atoms with Crippen LogP contribution in [0.25, 0.3) is 0 Å². The molecular formula is C10H14N4O2. The number of aliphatic hydroxyl groups excluding tert-OH is 1. The molecule has 0 aliphatic carbocycles. The van der Waals surface area contributed by atoms with Gasteiger partial charge in [-0.15, -0.1) is 0 Å². The van der Waals surface area contributed by atoms with Crippen molar-refractivity contribution in [2.24, 2.45) is 7.05 Å². The van der Waals surface area contributed by atoms with Crippen molar-refractivity contribution in [2.45, 2.75) is 19.9 Å². The molecular weight excluding hydrogens is 208 g/mol. The lowest BCUT2D eigenvalue weighted by Crippen LogP contribution is -2.01. The van der Waals surface area contributed by atoms with Gasteiger partial charge in [-0.3, -0.25) is 4.68 Å². The number of hydrogen-bond acceptors (Lipinski definition) is 4. The van der Waals surface area contributed by atoms with Crippen molar-refractivity contribution in [3.63, 3.8) is 0 Å². The number of aromatic nitrogens is 4. The van der Waals surface area contributed by atoms with E-state index in [9.17, 15) is 0 Å². The van der Waals surface area contributed by atoms with Crippen LogP contribution >= 0.6 is 0 Å². The minimum atomic E-state index is -0.0484. The summed E-state index contributed by atoms with van der Waals surface area (Å²) in [5, 5.41) is 13.0. The van der Waals surface area contributed by atoms with E-state index in [1.807, 2.05) is 19.3 Å². The van der Waals surface area contributed by atoms with E-state index in [0.29, 0.717) is 19.0 Å². The Morgan fingerprint density at radius 1 is 1.44 bits per heavy atom. The Bertz CT molecular complexity index is 449. The Kier molecular flexibility index (Phi) is 3.33. The molecule has 0 saturated heterocycles. The molecule has 0 aromatic carbocycles. The molecule has 16 heavy (non-hydrogen) atoms. The van der Waals surface area contributed by atoms with Crippen LogP contribution in [0.4, 0.5) is 0 Å². The van der Waals surface area contributed by atoms with Crippen molar-refractivity contribution in [3.05, 3.63) is 36.2 Å². The summed E-state index contributed by atoms with van der Waals surface area (Å²) >= 11 is 0. The third kappa shape index (κ3) is 2.68. The predicted octanol–water partition coefficient (Wildman–Crippen LogP) is 0.283. The summed E-state index contributed by atoms with van der Waals surface area (Å²) in [4.78, 5) is 3.98. The molecule has 0 aliphatic heterocycles. The number of imidazole rings is 1. The molecule has 2 heterocycles. The zero-order valence-corrected chi connectivity index (χ0v) is 9.08. The maximum Gasteiger partial charge on any atom is 0.124 e. The molecule has 2 aromatic heterocycles. The molecule has 2 rings (SSSR count). The average Bonchev–Trinajstić information content (AvgIpc) is 2.88. The van der Waals surface area contributed by atoms with E-state index in [4.69, 9.17) is 9.84 Å². The molecule has 0 fully saturated rings. The lowest BCUT2D eigenvalue weighted by atomic mass is 10.5. The van der Waals surface area contributed by atoms with E-state index in [1.54, 1.807) is 21.8 Å². The maximum atomic E-state index is 8.83. The Balaban J connectivity index is 1.79. The molecule has 2 aromatic rings. The Morgan fingerprint density at radius 3 is 2.94 bits per heavy atom. The van der Waals surface area contributed by atoms with Crippen molar-refractivity contribution in [3.8, 4) is 0 Å². The fraction of sp³-hybridized carbons (Fsp3) is 0.400. The SMILES string of the molecule is Cn1ccc(COCn2cnc(CO)c2)n1. The van der Waals surface area contributed by atoms with Crippen molar-refractivity contribution < 1.29 is 9.84 Å². The van der Waals surface area contributed by atoms with Crippen molar-refractivity contribution in [2.75, 3.05) is 0 Å². The molecule has 6 nitrogen and oxygen atoms in total. The topological polar surface area (TPSA) is 65.1 Å². The van der Waals surface area contributed by atoms with Crippen LogP contribution < -0.4 is 0 Å². The minimum absolute atomic E-state index is 0.0484. The van der Waals surface area contributed by atoms with Gasteiger partial charge in [0.1, 0.15) is 6.73 Å². The molecule has 0 bridgehead atoms. The second kappa shape index (κ2) is 4.91. The molecule has 86 valence electrons. The van der Waals surface area contributed by atoms with Gasteiger partial charge in [0.15, 0.2) is 0 Å². The van der Waals surface area contributed by atoms with Gasteiger partial charge in [-0.25, -0.2) is 4.98 Å². The molecule has 0 unspecified atom stereocenters. The van der Waals surface area contributed by atoms with Gasteiger partial charge in [0.2, 0.25) is 0 Å². The van der Waals surface area contributed by atoms with Gasteiger partial charge < -0.3 is 14.4 Å². The van der Waals surface area contributed by atoms with E-state index in [2.05, 4.69) is 10.1 Å². The van der Waals surface area contributed by atoms with E-state index >= 15 is 0 Å². The largest absolute Gasteiger partial charge is 0.390 e. The first kappa shape index (κ1) is 10.8. The molecule has 0 saturated carbocycles. The van der Waals surface area contributed by atoms with E-state index in [1.165, 1.54) is 0 Å².